The molecule has 12 nitrogen and oxygen atoms in total. The average Bonchev–Trinajstić information content (AvgIpc) is 3.06. The third kappa shape index (κ3) is 14.3. The number of nitrogens with zero attached hydrogens (tertiary/aromatic N) is 2. The molecule has 0 radical (unpaired) electrons. The average molecular weight is 666 g/mol. The summed E-state index contributed by atoms with van der Waals surface area (Å²) in [5.74, 6) is -0.928. The molecule has 2 aromatic rings. The summed E-state index contributed by atoms with van der Waals surface area (Å²) in [6.45, 7) is 9.17. The van der Waals surface area contributed by atoms with Crippen LogP contribution in [0.4, 0.5) is 10.5 Å². The van der Waals surface area contributed by atoms with E-state index >= 15 is 0 Å². The molecule has 0 bridgehead atoms. The molecule has 3 rings (SSSR count). The predicted octanol–water partition coefficient (Wildman–Crippen LogP) is 4.45. The minimum absolute atomic E-state index is 0.00123. The monoisotopic (exact) mass is 665 g/mol. The number of hydrogen-bond acceptors (Lipinski definition) is 10. The predicted molar refractivity (Wildman–Crippen MR) is 185 cm³/mol. The molecule has 0 aromatic heterocycles. The molecule has 1 heterocycles. The van der Waals surface area contributed by atoms with E-state index in [1.807, 2.05) is 24.3 Å². The van der Waals surface area contributed by atoms with Crippen LogP contribution in [0.2, 0.25) is 0 Å². The van der Waals surface area contributed by atoms with Crippen LogP contribution in [0.15, 0.2) is 42.0 Å². The number of carbonyl (C=O) groups is 3. The molecule has 1 aliphatic heterocycles. The molecule has 0 saturated carbocycles. The van der Waals surface area contributed by atoms with Crippen LogP contribution in [-0.2, 0) is 28.5 Å². The first-order valence-electron chi connectivity index (χ1n) is 16.8. The highest BCUT2D eigenvalue weighted by molar-refractivity contribution is 6.02. The zero-order valence-electron chi connectivity index (χ0n) is 28.6. The topological polar surface area (TPSA) is 165 Å². The lowest BCUT2D eigenvalue weighted by atomic mass is 10.0. The summed E-state index contributed by atoms with van der Waals surface area (Å²) >= 11 is 0. The van der Waals surface area contributed by atoms with Gasteiger partial charge in [0.15, 0.2) is 0 Å². The summed E-state index contributed by atoms with van der Waals surface area (Å²) in [6, 6.07) is 13.9. The van der Waals surface area contributed by atoms with E-state index in [9.17, 15) is 19.6 Å². The lowest BCUT2D eigenvalue weighted by molar-refractivity contribution is -0.146. The summed E-state index contributed by atoms with van der Waals surface area (Å²) < 4.78 is 21.4. The number of nitriles is 1. The van der Waals surface area contributed by atoms with Gasteiger partial charge < -0.3 is 40.2 Å². The van der Waals surface area contributed by atoms with E-state index in [1.165, 1.54) is 24.9 Å². The van der Waals surface area contributed by atoms with Crippen LogP contribution in [0.25, 0.3) is 16.8 Å². The Hall–Kier alpha value is -4.18. The van der Waals surface area contributed by atoms with E-state index in [1.54, 1.807) is 26.8 Å². The fraction of sp³-hybridized carbons (Fsp3) is 0.556. The second kappa shape index (κ2) is 20.2. The number of esters is 1. The fourth-order valence-corrected chi connectivity index (χ4v) is 5.20. The number of anilines is 1. The second-order valence-corrected chi connectivity index (χ2v) is 12.7. The molecule has 1 atom stereocenters. The molecular formula is C36H51N5O7. The van der Waals surface area contributed by atoms with E-state index in [2.05, 4.69) is 33.7 Å². The van der Waals surface area contributed by atoms with Crippen molar-refractivity contribution in [1.82, 2.24) is 10.6 Å². The number of fused-ring (bicyclic) bond motifs is 1. The standard InChI is InChI=1S/C36H51N5O7/c1-36(2,3)48-35(44)40-31(8-7-13-37)25-33(42)47-21-20-46-19-18-45-17-14-39-34(43)30(26-38)23-27-9-10-29-24-32(12-11-28(29)22-27)41-15-5-4-6-16-41/h9-12,22-24,31H,4-8,13-21,25,37H2,1-3H3,(H,39,43)(H,40,44)/b30-23+/t31-/m0/s1. The van der Waals surface area contributed by atoms with Gasteiger partial charge in [-0.15, -0.1) is 0 Å². The van der Waals surface area contributed by atoms with Crippen LogP contribution in [0, 0.1) is 11.3 Å². The summed E-state index contributed by atoms with van der Waals surface area (Å²) in [6.07, 6.45) is 5.89. The molecule has 0 aliphatic carbocycles. The number of rotatable bonds is 18. The maximum absolute atomic E-state index is 12.6. The number of alkyl carbamates (subject to hydrolysis) is 1. The van der Waals surface area contributed by atoms with Gasteiger partial charge in [0.25, 0.3) is 5.91 Å². The highest BCUT2D eigenvalue weighted by Crippen LogP contribution is 2.26. The van der Waals surface area contributed by atoms with E-state index in [-0.39, 0.29) is 51.6 Å². The minimum atomic E-state index is -0.646. The first-order valence-corrected chi connectivity index (χ1v) is 16.8. The Morgan fingerprint density at radius 1 is 0.979 bits per heavy atom. The van der Waals surface area contributed by atoms with Crippen LogP contribution in [0.3, 0.4) is 0 Å². The van der Waals surface area contributed by atoms with Gasteiger partial charge in [-0.25, -0.2) is 4.79 Å². The van der Waals surface area contributed by atoms with Gasteiger partial charge in [0.1, 0.15) is 23.9 Å². The van der Waals surface area contributed by atoms with Crippen molar-refractivity contribution in [1.29, 1.82) is 5.26 Å². The molecule has 0 spiro atoms. The number of ether oxygens (including phenoxy) is 4. The van der Waals surface area contributed by atoms with Gasteiger partial charge in [-0.05, 0) is 100 Å². The van der Waals surface area contributed by atoms with Crippen molar-refractivity contribution in [3.05, 3.63) is 47.5 Å². The van der Waals surface area contributed by atoms with E-state index in [0.717, 1.165) is 29.4 Å². The molecule has 4 N–H and O–H groups in total. The van der Waals surface area contributed by atoms with E-state index in [0.29, 0.717) is 19.4 Å². The number of nitrogens with two attached hydrogens (primary N) is 1. The van der Waals surface area contributed by atoms with Crippen molar-refractivity contribution in [2.24, 2.45) is 5.73 Å². The first-order chi connectivity index (χ1) is 23.1. The van der Waals surface area contributed by atoms with Crippen LogP contribution in [0.5, 0.6) is 0 Å². The van der Waals surface area contributed by atoms with Crippen LogP contribution >= 0.6 is 0 Å². The number of piperidine rings is 1. The number of nitrogens with one attached hydrogen (secondary N) is 2. The van der Waals surface area contributed by atoms with Crippen LogP contribution < -0.4 is 21.3 Å². The Balaban J connectivity index is 1.29. The summed E-state index contributed by atoms with van der Waals surface area (Å²) in [5.41, 5.74) is 6.96. The third-order valence-corrected chi connectivity index (χ3v) is 7.53. The molecule has 1 saturated heterocycles. The first kappa shape index (κ1) is 38.3. The zero-order chi connectivity index (χ0) is 34.8. The molecule has 262 valence electrons. The highest BCUT2D eigenvalue weighted by atomic mass is 16.6. The molecule has 1 aliphatic rings. The quantitative estimate of drug-likeness (QED) is 0.0897. The largest absolute Gasteiger partial charge is 0.463 e. The molecule has 12 heteroatoms. The summed E-state index contributed by atoms with van der Waals surface area (Å²) in [5, 5.41) is 17.2. The molecule has 48 heavy (non-hydrogen) atoms. The SMILES string of the molecule is CC(C)(C)OC(=O)N[C@@H](CCCN)CC(=O)OCCOCCOCCNC(=O)/C(C#N)=C/c1ccc2cc(N3CCCCC3)ccc2c1. The van der Waals surface area contributed by atoms with E-state index in [4.69, 9.17) is 24.7 Å². The number of hydrogen-bond donors (Lipinski definition) is 3. The molecule has 2 aromatic carbocycles. The minimum Gasteiger partial charge on any atom is -0.463 e. The van der Waals surface area contributed by atoms with E-state index < -0.39 is 29.6 Å². The van der Waals surface area contributed by atoms with Crippen molar-refractivity contribution in [2.45, 2.75) is 70.9 Å². The number of amides is 2. The Morgan fingerprint density at radius 3 is 2.38 bits per heavy atom. The van der Waals surface area contributed by atoms with Gasteiger partial charge in [0, 0.05) is 31.4 Å². The number of benzene rings is 2. The molecular weight excluding hydrogens is 614 g/mol. The molecule has 2 amide bonds. The number of carbonyl (C=O) groups excluding carboxylic acids is 3. The maximum Gasteiger partial charge on any atom is 0.407 e. The van der Waals surface area contributed by atoms with Crippen molar-refractivity contribution in [3.8, 4) is 6.07 Å². The normalized spacial score (nSPS) is 14.2. The van der Waals surface area contributed by atoms with Gasteiger partial charge in [-0.2, -0.15) is 5.26 Å². The summed E-state index contributed by atoms with van der Waals surface area (Å²) in [4.78, 5) is 39.3. The Kier molecular flexibility index (Phi) is 16.1. The lowest BCUT2D eigenvalue weighted by Crippen LogP contribution is -2.40. The molecule has 0 unspecified atom stereocenters. The Bertz CT molecular complexity index is 1410. The van der Waals surface area contributed by atoms with Crippen LogP contribution in [0.1, 0.15) is 64.9 Å². The fourth-order valence-electron chi connectivity index (χ4n) is 5.20. The molecule has 1 fully saturated rings. The van der Waals surface area contributed by atoms with Gasteiger partial charge >= 0.3 is 12.1 Å². The zero-order valence-corrected chi connectivity index (χ0v) is 28.6. The van der Waals surface area contributed by atoms with Gasteiger partial charge in [0.2, 0.25) is 0 Å². The van der Waals surface area contributed by atoms with Crippen molar-refractivity contribution < 1.29 is 33.3 Å². The highest BCUT2D eigenvalue weighted by Gasteiger charge is 2.22. The second-order valence-electron chi connectivity index (χ2n) is 12.7. The van der Waals surface area contributed by atoms with Crippen molar-refractivity contribution in [2.75, 3.05) is 64.1 Å². The maximum atomic E-state index is 12.6. The third-order valence-electron chi connectivity index (χ3n) is 7.53. The van der Waals surface area contributed by atoms with Gasteiger partial charge in [0.05, 0.1) is 32.8 Å². The van der Waals surface area contributed by atoms with Crippen molar-refractivity contribution in [3.63, 3.8) is 0 Å². The Morgan fingerprint density at radius 2 is 1.67 bits per heavy atom. The van der Waals surface area contributed by atoms with Gasteiger partial charge in [-0.3, -0.25) is 9.59 Å². The smallest absolute Gasteiger partial charge is 0.407 e. The van der Waals surface area contributed by atoms with Crippen LogP contribution in [-0.4, -0.2) is 88.8 Å². The summed E-state index contributed by atoms with van der Waals surface area (Å²) in [7, 11) is 0. The Labute approximate surface area is 283 Å². The lowest BCUT2D eigenvalue weighted by Gasteiger charge is -2.29. The van der Waals surface area contributed by atoms with Crippen molar-refractivity contribution >= 4 is 40.5 Å². The van der Waals surface area contributed by atoms with Gasteiger partial charge in [-0.1, -0.05) is 18.2 Å².